The van der Waals surface area contributed by atoms with Gasteiger partial charge in [-0.15, -0.1) is 0 Å². The van der Waals surface area contributed by atoms with Crippen LogP contribution in [0.15, 0.2) is 119 Å². The van der Waals surface area contributed by atoms with Crippen LogP contribution in [0.5, 0.6) is 11.5 Å². The number of benzene rings is 4. The molecule has 5 aliphatic rings. The van der Waals surface area contributed by atoms with E-state index in [1.54, 1.807) is 12.1 Å². The predicted molar refractivity (Wildman–Crippen MR) is 211 cm³/mol. The molecule has 0 spiro atoms. The van der Waals surface area contributed by atoms with E-state index >= 15 is 9.59 Å². The zero-order valence-corrected chi connectivity index (χ0v) is 31.8. The number of imide groups is 1. The first-order valence-electron chi connectivity index (χ1n) is 18.7. The van der Waals surface area contributed by atoms with Gasteiger partial charge in [-0.3, -0.25) is 24.1 Å². The number of carbonyl (C=O) groups excluding carboxylic acids is 4. The molecule has 6 unspecified atom stereocenters. The van der Waals surface area contributed by atoms with Crippen molar-refractivity contribution in [3.63, 3.8) is 0 Å². The Morgan fingerprint density at radius 2 is 1.51 bits per heavy atom. The number of hydrogen-bond donors (Lipinski definition) is 1. The number of methoxy groups -OCH3 is 1. The van der Waals surface area contributed by atoms with Crippen molar-refractivity contribution in [2.75, 3.05) is 43.2 Å². The van der Waals surface area contributed by atoms with Crippen molar-refractivity contribution in [2.24, 2.45) is 23.7 Å². The van der Waals surface area contributed by atoms with Crippen molar-refractivity contribution in [3.8, 4) is 11.5 Å². The average molecular weight is 800 g/mol. The van der Waals surface area contributed by atoms with Crippen molar-refractivity contribution < 1.29 is 33.8 Å². The summed E-state index contributed by atoms with van der Waals surface area (Å²) in [5.74, 6) is -4.34. The number of allylic oxidation sites excluding steroid dienone is 4. The molecule has 9 rings (SSSR count). The number of phenolic OH excluding ortho intramolecular Hbond substituents is 1. The first-order valence-corrected chi connectivity index (χ1v) is 19.5. The van der Waals surface area contributed by atoms with Gasteiger partial charge in [-0.05, 0) is 93.9 Å². The molecule has 1 N–H and O–H groups in total. The SMILES string of the molecule is COc1cc(C2C3=CCC4C(=O)N(c5ccc(N6CCOCC6)cc5)C(=O)C4C3CC3C(=O)C(c4ccccc4)=CC(=O)C32c2ccccc2)cc(Br)c1O. The fraction of sp³-hybridized carbons (Fsp3) is 0.289. The number of morpholine rings is 1. The lowest BCUT2D eigenvalue weighted by atomic mass is 9.44. The Morgan fingerprint density at radius 3 is 2.20 bits per heavy atom. The van der Waals surface area contributed by atoms with Gasteiger partial charge in [0, 0.05) is 36.2 Å². The zero-order chi connectivity index (χ0) is 38.0. The van der Waals surface area contributed by atoms with Crippen molar-refractivity contribution in [3.05, 3.63) is 136 Å². The molecule has 2 aliphatic heterocycles. The van der Waals surface area contributed by atoms with Crippen LogP contribution in [0.4, 0.5) is 11.4 Å². The Bertz CT molecular complexity index is 2280. The van der Waals surface area contributed by atoms with Crippen LogP contribution in [0.3, 0.4) is 0 Å². The second-order valence-electron chi connectivity index (χ2n) is 15.0. The van der Waals surface area contributed by atoms with Crippen molar-refractivity contribution in [1.82, 2.24) is 0 Å². The number of ketones is 2. The van der Waals surface area contributed by atoms with E-state index in [1.165, 1.54) is 18.1 Å². The number of halogens is 1. The van der Waals surface area contributed by atoms with Crippen LogP contribution < -0.4 is 14.5 Å². The van der Waals surface area contributed by atoms with Crippen molar-refractivity contribution in [2.45, 2.75) is 24.2 Å². The molecule has 4 aromatic rings. The highest BCUT2D eigenvalue weighted by Gasteiger charge is 2.66. The second kappa shape index (κ2) is 13.8. The van der Waals surface area contributed by atoms with E-state index in [0.29, 0.717) is 52.1 Å². The highest BCUT2D eigenvalue weighted by atomic mass is 79.9. The van der Waals surface area contributed by atoms with Crippen molar-refractivity contribution >= 4 is 56.3 Å². The van der Waals surface area contributed by atoms with Gasteiger partial charge < -0.3 is 19.5 Å². The molecule has 0 aromatic heterocycles. The van der Waals surface area contributed by atoms with E-state index in [0.717, 1.165) is 24.4 Å². The second-order valence-corrected chi connectivity index (χ2v) is 15.8. The van der Waals surface area contributed by atoms with E-state index in [2.05, 4.69) is 20.8 Å². The number of amides is 2. The van der Waals surface area contributed by atoms with Crippen LogP contribution in [0.2, 0.25) is 0 Å². The Kier molecular flexibility index (Phi) is 8.85. The predicted octanol–water partition coefficient (Wildman–Crippen LogP) is 7.03. The molecular formula is C45H39BrN2O7. The van der Waals surface area contributed by atoms with Gasteiger partial charge in [0.15, 0.2) is 23.1 Å². The lowest BCUT2D eigenvalue weighted by Crippen LogP contribution is -2.58. The Labute approximate surface area is 327 Å². The summed E-state index contributed by atoms with van der Waals surface area (Å²) in [6.45, 7) is 2.81. The van der Waals surface area contributed by atoms with Gasteiger partial charge in [-0.1, -0.05) is 72.3 Å². The van der Waals surface area contributed by atoms with Gasteiger partial charge in [-0.2, -0.15) is 0 Å². The molecule has 0 bridgehead atoms. The van der Waals surface area contributed by atoms with Gasteiger partial charge >= 0.3 is 0 Å². The molecule has 278 valence electrons. The number of anilines is 2. The molecule has 55 heavy (non-hydrogen) atoms. The fourth-order valence-electron chi connectivity index (χ4n) is 10.1. The normalized spacial score (nSPS) is 27.6. The van der Waals surface area contributed by atoms with Gasteiger partial charge in [0.2, 0.25) is 11.8 Å². The fourth-order valence-corrected chi connectivity index (χ4v) is 10.5. The van der Waals surface area contributed by atoms with Crippen LogP contribution in [0.25, 0.3) is 5.57 Å². The molecule has 4 aromatic carbocycles. The van der Waals surface area contributed by atoms with Gasteiger partial charge in [0.1, 0.15) is 0 Å². The van der Waals surface area contributed by atoms with Gasteiger partial charge in [0.05, 0.1) is 47.7 Å². The number of ether oxygens (including phenoxy) is 2. The third-order valence-electron chi connectivity index (χ3n) is 12.5. The first-order chi connectivity index (χ1) is 26.7. The number of hydrogen-bond acceptors (Lipinski definition) is 8. The molecule has 1 saturated carbocycles. The zero-order valence-electron chi connectivity index (χ0n) is 30.2. The van der Waals surface area contributed by atoms with Crippen LogP contribution in [-0.4, -0.2) is 61.9 Å². The Morgan fingerprint density at radius 1 is 0.836 bits per heavy atom. The number of nitrogens with zero attached hydrogens (tertiary/aromatic N) is 2. The lowest BCUT2D eigenvalue weighted by Gasteiger charge is -2.55. The summed E-state index contributed by atoms with van der Waals surface area (Å²) in [7, 11) is 1.46. The molecule has 3 fully saturated rings. The molecule has 2 heterocycles. The summed E-state index contributed by atoms with van der Waals surface area (Å²) < 4.78 is 11.5. The van der Waals surface area contributed by atoms with Crippen LogP contribution >= 0.6 is 15.9 Å². The summed E-state index contributed by atoms with van der Waals surface area (Å²) in [5, 5.41) is 10.9. The molecule has 2 amide bonds. The molecule has 9 nitrogen and oxygen atoms in total. The van der Waals surface area contributed by atoms with Crippen LogP contribution in [0.1, 0.15) is 35.4 Å². The number of aromatic hydroxyl groups is 1. The molecule has 10 heteroatoms. The number of Topliss-reactive ketones (excluding diaryl/α,β-unsaturated/α-hetero) is 1. The maximum Gasteiger partial charge on any atom is 0.238 e. The van der Waals surface area contributed by atoms with Gasteiger partial charge in [-0.25, -0.2) is 0 Å². The van der Waals surface area contributed by atoms with E-state index in [1.807, 2.05) is 91.0 Å². The number of phenols is 1. The summed E-state index contributed by atoms with van der Waals surface area (Å²) in [6, 6.07) is 29.7. The lowest BCUT2D eigenvalue weighted by molar-refractivity contribution is -0.135. The summed E-state index contributed by atoms with van der Waals surface area (Å²) >= 11 is 3.52. The minimum Gasteiger partial charge on any atom is -0.503 e. The van der Waals surface area contributed by atoms with E-state index in [4.69, 9.17) is 9.47 Å². The van der Waals surface area contributed by atoms with Crippen molar-refractivity contribution in [1.29, 1.82) is 0 Å². The number of fused-ring (bicyclic) bond motifs is 4. The quantitative estimate of drug-likeness (QED) is 0.164. The number of carbonyl (C=O) groups is 4. The highest BCUT2D eigenvalue weighted by Crippen LogP contribution is 2.64. The minimum absolute atomic E-state index is 0.0919. The smallest absolute Gasteiger partial charge is 0.238 e. The molecule has 3 aliphatic carbocycles. The maximum absolute atomic E-state index is 15.3. The molecule has 6 atom stereocenters. The summed E-state index contributed by atoms with van der Waals surface area (Å²) in [6.07, 6.45) is 4.04. The van der Waals surface area contributed by atoms with Crippen LogP contribution in [-0.2, 0) is 29.3 Å². The largest absolute Gasteiger partial charge is 0.503 e. The van der Waals surface area contributed by atoms with E-state index in [9.17, 15) is 14.7 Å². The summed E-state index contributed by atoms with van der Waals surface area (Å²) in [5.41, 5.74) is 3.27. The standard InChI is InChI=1S/C45H39BrN2O7/c1-54-37-23-27(22-36(46)42(37)51)40-31-16-17-32-39(44(53)48(43(32)52)30-14-12-29(13-15-30)47-18-20-55-21-19-47)34(31)24-35-41(50)33(26-8-4-2-5-9-26)25-38(49)45(35,40)28-10-6-3-7-11-28/h2-16,22-23,25,32,34-35,39-40,51H,17-21,24H2,1H3. The number of rotatable bonds is 6. The minimum atomic E-state index is -1.39. The topological polar surface area (TPSA) is 113 Å². The maximum atomic E-state index is 15.3. The van der Waals surface area contributed by atoms with Crippen LogP contribution in [0, 0.1) is 23.7 Å². The first kappa shape index (κ1) is 35.4. The molecule has 0 radical (unpaired) electrons. The van der Waals surface area contributed by atoms with Gasteiger partial charge in [0.25, 0.3) is 0 Å². The molecule has 2 saturated heterocycles. The third kappa shape index (κ3) is 5.44. The van der Waals surface area contributed by atoms with E-state index < -0.39 is 35.0 Å². The molecular weight excluding hydrogens is 760 g/mol. The average Bonchev–Trinajstić information content (AvgIpc) is 3.49. The van der Waals surface area contributed by atoms with E-state index in [-0.39, 0.29) is 41.3 Å². The highest BCUT2D eigenvalue weighted by molar-refractivity contribution is 9.10. The Hall–Kier alpha value is -5.32. The third-order valence-corrected chi connectivity index (χ3v) is 13.1. The Balaban J connectivity index is 1.21. The summed E-state index contributed by atoms with van der Waals surface area (Å²) in [4.78, 5) is 63.1. The monoisotopic (exact) mass is 798 g/mol.